The van der Waals surface area contributed by atoms with Crippen molar-refractivity contribution >= 4 is 0 Å². The Balaban J connectivity index is 2.31. The van der Waals surface area contributed by atoms with Gasteiger partial charge in [-0.25, -0.2) is 0 Å². The molecule has 0 aliphatic heterocycles. The maximum Gasteiger partial charge on any atom is 0.422 e. The molecule has 1 heterocycles. The Morgan fingerprint density at radius 2 is 1.95 bits per heavy atom. The third-order valence-corrected chi connectivity index (χ3v) is 2.70. The molecule has 0 aliphatic rings. The van der Waals surface area contributed by atoms with Crippen LogP contribution in [0.15, 0.2) is 36.7 Å². The summed E-state index contributed by atoms with van der Waals surface area (Å²) in [5.41, 5.74) is 2.48. The first-order valence-corrected chi connectivity index (χ1v) is 6.05. The van der Waals surface area contributed by atoms with Crippen molar-refractivity contribution in [3.63, 3.8) is 0 Å². The fraction of sp³-hybridized carbons (Fsp3) is 0.200. The molecule has 1 aromatic heterocycles. The fourth-order valence-corrected chi connectivity index (χ4v) is 1.80. The Bertz CT molecular complexity index is 690. The Kier molecular flexibility index (Phi) is 4.13. The number of nitriles is 1. The molecule has 0 aliphatic carbocycles. The summed E-state index contributed by atoms with van der Waals surface area (Å²) < 4.78 is 41.1. The summed E-state index contributed by atoms with van der Waals surface area (Å²) in [6.45, 7) is 0.454. The monoisotopic (exact) mass is 292 g/mol. The van der Waals surface area contributed by atoms with Crippen molar-refractivity contribution in [2.45, 2.75) is 13.1 Å². The maximum absolute atomic E-state index is 12.1. The number of ether oxygens (including phenoxy) is 1. The van der Waals surface area contributed by atoms with Gasteiger partial charge in [0.05, 0.1) is 5.56 Å². The van der Waals surface area contributed by atoms with E-state index in [-0.39, 0.29) is 11.3 Å². The van der Waals surface area contributed by atoms with Crippen molar-refractivity contribution in [3.05, 3.63) is 47.8 Å². The van der Waals surface area contributed by atoms with E-state index in [1.165, 1.54) is 12.1 Å². The van der Waals surface area contributed by atoms with Crippen molar-refractivity contribution in [3.8, 4) is 22.9 Å². The SMILES string of the molecule is Cc1cncc(-c2ccc(OCC(F)(F)F)c(C#N)c2)c1. The summed E-state index contributed by atoms with van der Waals surface area (Å²) in [4.78, 5) is 4.04. The average molecular weight is 292 g/mol. The Hall–Kier alpha value is -2.55. The zero-order chi connectivity index (χ0) is 15.5. The van der Waals surface area contributed by atoms with Crippen LogP contribution in [-0.2, 0) is 0 Å². The first-order valence-electron chi connectivity index (χ1n) is 6.05. The van der Waals surface area contributed by atoms with Crippen molar-refractivity contribution < 1.29 is 17.9 Å². The van der Waals surface area contributed by atoms with E-state index in [2.05, 4.69) is 9.72 Å². The van der Waals surface area contributed by atoms with Crippen molar-refractivity contribution in [2.24, 2.45) is 0 Å². The smallest absolute Gasteiger partial charge is 0.422 e. The highest BCUT2D eigenvalue weighted by molar-refractivity contribution is 5.67. The standard InChI is InChI=1S/C15H11F3N2O/c1-10-4-13(8-20-7-10)11-2-3-14(12(5-11)6-19)21-9-15(16,17)18/h2-5,7-8H,9H2,1H3. The molecular weight excluding hydrogens is 281 g/mol. The van der Waals surface area contributed by atoms with Gasteiger partial charge in [0.15, 0.2) is 6.61 Å². The molecule has 0 amide bonds. The normalized spacial score (nSPS) is 11.0. The van der Waals surface area contributed by atoms with Crippen LogP contribution in [0.5, 0.6) is 5.75 Å². The minimum atomic E-state index is -4.44. The number of alkyl halides is 3. The third-order valence-electron chi connectivity index (χ3n) is 2.70. The molecule has 0 fully saturated rings. The lowest BCUT2D eigenvalue weighted by molar-refractivity contribution is -0.153. The molecule has 3 nitrogen and oxygen atoms in total. The Morgan fingerprint density at radius 3 is 2.57 bits per heavy atom. The largest absolute Gasteiger partial charge is 0.483 e. The summed E-state index contributed by atoms with van der Waals surface area (Å²) in [5.74, 6) is -0.0841. The molecule has 2 aromatic rings. The summed E-state index contributed by atoms with van der Waals surface area (Å²) in [7, 11) is 0. The first-order chi connectivity index (χ1) is 9.89. The molecule has 21 heavy (non-hydrogen) atoms. The molecule has 6 heteroatoms. The number of hydrogen-bond acceptors (Lipinski definition) is 3. The Morgan fingerprint density at radius 1 is 1.19 bits per heavy atom. The van der Waals surface area contributed by atoms with E-state index >= 15 is 0 Å². The van der Waals surface area contributed by atoms with Gasteiger partial charge >= 0.3 is 6.18 Å². The highest BCUT2D eigenvalue weighted by Crippen LogP contribution is 2.27. The van der Waals surface area contributed by atoms with Crippen LogP contribution in [-0.4, -0.2) is 17.8 Å². The van der Waals surface area contributed by atoms with Gasteiger partial charge in [-0.1, -0.05) is 6.07 Å². The van der Waals surface area contributed by atoms with Crippen LogP contribution in [0.3, 0.4) is 0 Å². The number of benzene rings is 1. The maximum atomic E-state index is 12.1. The summed E-state index contributed by atoms with van der Waals surface area (Å²) >= 11 is 0. The lowest BCUT2D eigenvalue weighted by Crippen LogP contribution is -2.19. The van der Waals surface area contributed by atoms with Gasteiger partial charge in [0, 0.05) is 18.0 Å². The number of aryl methyl sites for hydroxylation is 1. The quantitative estimate of drug-likeness (QED) is 0.862. The Labute approximate surface area is 119 Å². The van der Waals surface area contributed by atoms with Crippen LogP contribution >= 0.6 is 0 Å². The van der Waals surface area contributed by atoms with Crippen LogP contribution in [0.25, 0.3) is 11.1 Å². The molecule has 0 saturated heterocycles. The van der Waals surface area contributed by atoms with E-state index in [4.69, 9.17) is 5.26 Å². The van der Waals surface area contributed by atoms with Crippen molar-refractivity contribution in [1.29, 1.82) is 5.26 Å². The van der Waals surface area contributed by atoms with Crippen LogP contribution in [0.4, 0.5) is 13.2 Å². The van der Waals surface area contributed by atoms with Crippen molar-refractivity contribution in [2.75, 3.05) is 6.61 Å². The fourth-order valence-electron chi connectivity index (χ4n) is 1.80. The van der Waals surface area contributed by atoms with Crippen LogP contribution in [0, 0.1) is 18.3 Å². The van der Waals surface area contributed by atoms with Gasteiger partial charge < -0.3 is 4.74 Å². The van der Waals surface area contributed by atoms with Crippen LogP contribution in [0.2, 0.25) is 0 Å². The number of hydrogen-bond donors (Lipinski definition) is 0. The summed E-state index contributed by atoms with van der Waals surface area (Å²) in [6.07, 6.45) is -1.12. The highest BCUT2D eigenvalue weighted by Gasteiger charge is 2.28. The molecular formula is C15H11F3N2O. The van der Waals surface area contributed by atoms with E-state index in [0.717, 1.165) is 11.1 Å². The molecule has 0 bridgehead atoms. The van der Waals surface area contributed by atoms with Gasteiger partial charge in [-0.2, -0.15) is 18.4 Å². The van der Waals surface area contributed by atoms with Crippen molar-refractivity contribution in [1.82, 2.24) is 4.98 Å². The molecule has 0 atom stereocenters. The molecule has 0 unspecified atom stereocenters. The zero-order valence-electron chi connectivity index (χ0n) is 11.1. The van der Waals surface area contributed by atoms with Gasteiger partial charge in [-0.05, 0) is 36.2 Å². The van der Waals surface area contributed by atoms with E-state index in [1.807, 2.05) is 19.1 Å². The molecule has 1 aromatic carbocycles. The topological polar surface area (TPSA) is 45.9 Å². The zero-order valence-corrected chi connectivity index (χ0v) is 11.1. The van der Waals surface area contributed by atoms with Crippen LogP contribution in [0.1, 0.15) is 11.1 Å². The highest BCUT2D eigenvalue weighted by atomic mass is 19.4. The molecule has 2 rings (SSSR count). The predicted molar refractivity (Wildman–Crippen MR) is 70.7 cm³/mol. The van der Waals surface area contributed by atoms with E-state index in [0.29, 0.717) is 5.56 Å². The van der Waals surface area contributed by atoms with Gasteiger partial charge in [-0.15, -0.1) is 0 Å². The molecule has 0 radical (unpaired) electrons. The second-order valence-electron chi connectivity index (χ2n) is 4.48. The third kappa shape index (κ3) is 3.96. The lowest BCUT2D eigenvalue weighted by Gasteiger charge is -2.11. The average Bonchev–Trinajstić information content (AvgIpc) is 2.44. The molecule has 0 saturated carbocycles. The number of rotatable bonds is 3. The molecule has 0 spiro atoms. The van der Waals surface area contributed by atoms with Crippen LogP contribution < -0.4 is 4.74 Å². The number of aromatic nitrogens is 1. The van der Waals surface area contributed by atoms with Gasteiger partial charge in [0.2, 0.25) is 0 Å². The van der Waals surface area contributed by atoms with Gasteiger partial charge in [0.1, 0.15) is 11.8 Å². The van der Waals surface area contributed by atoms with Gasteiger partial charge in [-0.3, -0.25) is 4.98 Å². The summed E-state index contributed by atoms with van der Waals surface area (Å²) in [5, 5.41) is 9.05. The number of pyridine rings is 1. The minimum Gasteiger partial charge on any atom is -0.483 e. The summed E-state index contributed by atoms with van der Waals surface area (Å²) in [6, 6.07) is 8.17. The lowest BCUT2D eigenvalue weighted by atomic mass is 10.0. The predicted octanol–water partition coefficient (Wildman–Crippen LogP) is 3.87. The van der Waals surface area contributed by atoms with E-state index in [9.17, 15) is 13.2 Å². The first kappa shape index (κ1) is 14.9. The minimum absolute atomic E-state index is 0.0539. The van der Waals surface area contributed by atoms with E-state index in [1.54, 1.807) is 18.5 Å². The number of halogens is 3. The van der Waals surface area contributed by atoms with E-state index < -0.39 is 12.8 Å². The molecule has 0 N–H and O–H groups in total. The molecule has 108 valence electrons. The number of nitrogens with zero attached hydrogens (tertiary/aromatic N) is 2. The van der Waals surface area contributed by atoms with Gasteiger partial charge in [0.25, 0.3) is 0 Å². The second-order valence-corrected chi connectivity index (χ2v) is 4.48. The second kappa shape index (κ2) is 5.83.